The summed E-state index contributed by atoms with van der Waals surface area (Å²) in [6.07, 6.45) is 5.17. The van der Waals surface area contributed by atoms with Crippen molar-refractivity contribution in [1.29, 1.82) is 0 Å². The molecule has 4 atom stereocenters. The maximum atomic E-state index is 12.2. The largest absolute Gasteiger partial charge is 0.550 e. The van der Waals surface area contributed by atoms with E-state index in [0.29, 0.717) is 0 Å². The van der Waals surface area contributed by atoms with Gasteiger partial charge >= 0.3 is 0 Å². The summed E-state index contributed by atoms with van der Waals surface area (Å²) in [5, 5.41) is 10.3. The van der Waals surface area contributed by atoms with Crippen LogP contribution >= 0.6 is 0 Å². The van der Waals surface area contributed by atoms with E-state index in [-0.39, 0.29) is 54.9 Å². The summed E-state index contributed by atoms with van der Waals surface area (Å²) >= 11 is 0. The Bertz CT molecular complexity index is 426. The zero-order chi connectivity index (χ0) is 12.9. The minimum Gasteiger partial charge on any atom is -0.550 e. The Kier molecular flexibility index (Phi) is 2.50. The van der Waals surface area contributed by atoms with Crippen molar-refractivity contribution >= 4 is 17.8 Å². The molecule has 1 heterocycles. The number of carboxylic acid groups (broad SMARTS) is 1. The second kappa shape index (κ2) is 3.93. The summed E-state index contributed by atoms with van der Waals surface area (Å²) in [6.45, 7) is 0.206. The van der Waals surface area contributed by atoms with Crippen molar-refractivity contribution in [2.75, 3.05) is 6.54 Å². The minimum absolute atomic E-state index is 0.111. The highest BCUT2D eigenvalue weighted by Gasteiger charge is 2.58. The topological polar surface area (TPSA) is 77.5 Å². The van der Waals surface area contributed by atoms with Crippen LogP contribution in [0.2, 0.25) is 0 Å². The van der Waals surface area contributed by atoms with Crippen molar-refractivity contribution in [2.45, 2.75) is 19.3 Å². The first-order valence-corrected chi connectivity index (χ1v) is 6.33. The highest BCUT2D eigenvalue weighted by atomic mass is 16.4. The molecule has 18 heavy (non-hydrogen) atoms. The lowest BCUT2D eigenvalue weighted by Crippen LogP contribution is -2.34. The van der Waals surface area contributed by atoms with Crippen LogP contribution < -0.4 is 5.11 Å². The summed E-state index contributed by atoms with van der Waals surface area (Å²) in [5.74, 6) is -1.31. The smallest absolute Gasteiger partial charge is 0.233 e. The number of aliphatic carboxylic acids is 1. The summed E-state index contributed by atoms with van der Waals surface area (Å²) in [6, 6.07) is 0. The fourth-order valence-electron chi connectivity index (χ4n) is 3.57. The molecule has 5 heteroatoms. The Morgan fingerprint density at radius 2 is 1.78 bits per heavy atom. The highest BCUT2D eigenvalue weighted by molar-refractivity contribution is 6.06. The van der Waals surface area contributed by atoms with Gasteiger partial charge < -0.3 is 9.90 Å². The van der Waals surface area contributed by atoms with E-state index in [0.717, 1.165) is 6.42 Å². The third kappa shape index (κ3) is 1.50. The summed E-state index contributed by atoms with van der Waals surface area (Å²) in [7, 11) is 0. The van der Waals surface area contributed by atoms with Crippen LogP contribution in [0.15, 0.2) is 12.2 Å². The number of allylic oxidation sites excluding steroid dienone is 2. The molecular weight excluding hydrogens is 234 g/mol. The minimum atomic E-state index is -1.14. The van der Waals surface area contributed by atoms with Gasteiger partial charge in [-0.05, 0) is 31.1 Å². The zero-order valence-electron chi connectivity index (χ0n) is 9.87. The SMILES string of the molecule is O=C([O-])CCCN1C(=O)C2C3C=CC(C3)C2C1=O. The van der Waals surface area contributed by atoms with Crippen LogP contribution in [0.4, 0.5) is 0 Å². The molecule has 0 spiro atoms. The van der Waals surface area contributed by atoms with E-state index >= 15 is 0 Å². The van der Waals surface area contributed by atoms with Crippen LogP contribution in [0, 0.1) is 23.7 Å². The first kappa shape index (κ1) is 11.4. The van der Waals surface area contributed by atoms with E-state index in [1.165, 1.54) is 4.90 Å². The fraction of sp³-hybridized carbons (Fsp3) is 0.615. The molecule has 0 aromatic rings. The third-order valence-electron chi connectivity index (χ3n) is 4.32. The average Bonchev–Trinajstić information content (AvgIpc) is 2.97. The number of rotatable bonds is 4. The molecule has 0 N–H and O–H groups in total. The van der Waals surface area contributed by atoms with E-state index in [9.17, 15) is 19.5 Å². The number of hydrogen-bond acceptors (Lipinski definition) is 4. The summed E-state index contributed by atoms with van der Waals surface area (Å²) in [5.41, 5.74) is 0. The van der Waals surface area contributed by atoms with Gasteiger partial charge in [0.15, 0.2) is 0 Å². The van der Waals surface area contributed by atoms with Crippen LogP contribution in [0.5, 0.6) is 0 Å². The standard InChI is InChI=1S/C13H15NO4/c15-9(16)2-1-5-14-12(17)10-7-3-4-8(6-7)11(10)13(14)18/h3-4,7-8,10-11H,1-2,5-6H2,(H,15,16)/p-1. The van der Waals surface area contributed by atoms with Gasteiger partial charge in [0.2, 0.25) is 11.8 Å². The molecule has 0 aromatic heterocycles. The maximum Gasteiger partial charge on any atom is 0.233 e. The molecule has 2 bridgehead atoms. The van der Waals surface area contributed by atoms with Crippen LogP contribution in [0.1, 0.15) is 19.3 Å². The monoisotopic (exact) mass is 248 g/mol. The lowest BCUT2D eigenvalue weighted by molar-refractivity contribution is -0.305. The van der Waals surface area contributed by atoms with Crippen molar-refractivity contribution in [3.05, 3.63) is 12.2 Å². The number of hydrogen-bond donors (Lipinski definition) is 0. The molecule has 2 fully saturated rings. The van der Waals surface area contributed by atoms with E-state index in [1.807, 2.05) is 12.2 Å². The van der Waals surface area contributed by atoms with E-state index < -0.39 is 5.97 Å². The third-order valence-corrected chi connectivity index (χ3v) is 4.32. The van der Waals surface area contributed by atoms with Crippen LogP contribution in [0.3, 0.4) is 0 Å². The Morgan fingerprint density at radius 1 is 1.22 bits per heavy atom. The lowest BCUT2D eigenvalue weighted by Gasteiger charge is -2.17. The predicted molar refractivity (Wildman–Crippen MR) is 58.7 cm³/mol. The number of carbonyl (C=O) groups is 3. The van der Waals surface area contributed by atoms with Crippen molar-refractivity contribution in [3.63, 3.8) is 0 Å². The molecule has 1 saturated carbocycles. The first-order chi connectivity index (χ1) is 8.59. The average molecular weight is 248 g/mol. The molecule has 1 aliphatic heterocycles. The molecular formula is C13H14NO4-. The quantitative estimate of drug-likeness (QED) is 0.488. The van der Waals surface area contributed by atoms with Gasteiger partial charge in [-0.15, -0.1) is 0 Å². The van der Waals surface area contributed by atoms with Gasteiger partial charge in [0.1, 0.15) is 0 Å². The van der Waals surface area contributed by atoms with Crippen LogP contribution in [-0.2, 0) is 14.4 Å². The number of amides is 2. The number of carboxylic acids is 1. The van der Waals surface area contributed by atoms with Crippen LogP contribution in [-0.4, -0.2) is 29.2 Å². The van der Waals surface area contributed by atoms with Gasteiger partial charge in [0.05, 0.1) is 11.8 Å². The Labute approximate surface area is 104 Å². The Morgan fingerprint density at radius 3 is 2.28 bits per heavy atom. The van der Waals surface area contributed by atoms with E-state index in [1.54, 1.807) is 0 Å². The first-order valence-electron chi connectivity index (χ1n) is 6.33. The van der Waals surface area contributed by atoms with Crippen molar-refractivity contribution in [2.24, 2.45) is 23.7 Å². The Hall–Kier alpha value is -1.65. The Balaban J connectivity index is 1.70. The summed E-state index contributed by atoms with van der Waals surface area (Å²) < 4.78 is 0. The molecule has 0 aromatic carbocycles. The molecule has 5 nitrogen and oxygen atoms in total. The molecule has 3 aliphatic rings. The van der Waals surface area contributed by atoms with Crippen molar-refractivity contribution in [3.8, 4) is 0 Å². The lowest BCUT2D eigenvalue weighted by atomic mass is 9.85. The molecule has 2 aliphatic carbocycles. The molecule has 96 valence electrons. The maximum absolute atomic E-state index is 12.2. The number of nitrogens with zero attached hydrogens (tertiary/aromatic N) is 1. The highest BCUT2D eigenvalue weighted by Crippen LogP contribution is 2.52. The number of imide groups is 1. The number of fused-ring (bicyclic) bond motifs is 5. The molecule has 4 unspecified atom stereocenters. The zero-order valence-corrected chi connectivity index (χ0v) is 9.87. The number of likely N-dealkylation sites (tertiary alicyclic amines) is 1. The molecule has 3 rings (SSSR count). The van der Waals surface area contributed by atoms with Gasteiger partial charge in [-0.3, -0.25) is 14.5 Å². The normalized spacial score (nSPS) is 36.6. The van der Waals surface area contributed by atoms with E-state index in [2.05, 4.69) is 0 Å². The molecule has 0 radical (unpaired) electrons. The van der Waals surface area contributed by atoms with Gasteiger partial charge in [0.25, 0.3) is 0 Å². The second-order valence-corrected chi connectivity index (χ2v) is 5.30. The van der Waals surface area contributed by atoms with E-state index in [4.69, 9.17) is 0 Å². The van der Waals surface area contributed by atoms with Gasteiger partial charge in [-0.2, -0.15) is 0 Å². The predicted octanol–water partition coefficient (Wildman–Crippen LogP) is -0.676. The molecule has 1 saturated heterocycles. The van der Waals surface area contributed by atoms with Gasteiger partial charge in [-0.1, -0.05) is 12.2 Å². The van der Waals surface area contributed by atoms with Crippen LogP contribution in [0.25, 0.3) is 0 Å². The van der Waals surface area contributed by atoms with Gasteiger partial charge in [-0.25, -0.2) is 0 Å². The molecule has 2 amide bonds. The summed E-state index contributed by atoms with van der Waals surface area (Å²) in [4.78, 5) is 35.9. The van der Waals surface area contributed by atoms with Gasteiger partial charge in [0, 0.05) is 12.5 Å². The fourth-order valence-corrected chi connectivity index (χ4v) is 3.57. The van der Waals surface area contributed by atoms with Crippen molar-refractivity contribution < 1.29 is 19.5 Å². The second-order valence-electron chi connectivity index (χ2n) is 5.30. The number of carbonyl (C=O) groups excluding carboxylic acids is 3. The van der Waals surface area contributed by atoms with Crippen molar-refractivity contribution in [1.82, 2.24) is 4.90 Å².